The number of alkyl halides is 3. The summed E-state index contributed by atoms with van der Waals surface area (Å²) in [6.07, 6.45) is -4.45. The molecule has 0 amide bonds. The maximum atomic E-state index is 13.0. The van der Waals surface area contributed by atoms with Crippen LogP contribution in [-0.4, -0.2) is 53.5 Å². The van der Waals surface area contributed by atoms with Crippen LogP contribution in [0.15, 0.2) is 0 Å². The fourth-order valence-corrected chi connectivity index (χ4v) is 2.93. The second-order valence-electron chi connectivity index (χ2n) is 5.17. The van der Waals surface area contributed by atoms with Crippen LogP contribution in [0.4, 0.5) is 19.0 Å². The molecule has 0 aliphatic carbocycles. The number of likely N-dealkylation sites (N-methyl/N-ethyl adjacent to an activating group) is 1. The molecule has 3 rings (SSSR count). The first-order valence-electron chi connectivity index (χ1n) is 6.67. The Morgan fingerprint density at radius 2 is 2.10 bits per heavy atom. The highest BCUT2D eigenvalue weighted by Gasteiger charge is 2.45. The lowest BCUT2D eigenvalue weighted by molar-refractivity contribution is -0.145. The minimum Gasteiger partial charge on any atom is -0.485 e. The Morgan fingerprint density at radius 3 is 2.75 bits per heavy atom. The van der Waals surface area contributed by atoms with Gasteiger partial charge < -0.3 is 9.64 Å². The third kappa shape index (κ3) is 2.02. The summed E-state index contributed by atoms with van der Waals surface area (Å²) < 4.78 is 45.4. The summed E-state index contributed by atoms with van der Waals surface area (Å²) >= 11 is 0. The van der Waals surface area contributed by atoms with Crippen molar-refractivity contribution < 1.29 is 17.9 Å². The van der Waals surface area contributed by atoms with Gasteiger partial charge in [0.25, 0.3) is 0 Å². The molecule has 1 unspecified atom stereocenters. The summed E-state index contributed by atoms with van der Waals surface area (Å²) in [4.78, 5) is 4.21. The van der Waals surface area contributed by atoms with Crippen molar-refractivity contribution in [3.63, 3.8) is 0 Å². The first-order valence-corrected chi connectivity index (χ1v) is 6.67. The number of hydrogen-bond donors (Lipinski definition) is 0. The van der Waals surface area contributed by atoms with E-state index in [0.29, 0.717) is 12.4 Å². The van der Waals surface area contributed by atoms with Gasteiger partial charge >= 0.3 is 6.18 Å². The van der Waals surface area contributed by atoms with Crippen molar-refractivity contribution in [3.8, 4) is 5.75 Å². The molecule has 1 saturated heterocycles. The van der Waals surface area contributed by atoms with Crippen molar-refractivity contribution in [2.24, 2.45) is 7.05 Å². The van der Waals surface area contributed by atoms with Crippen LogP contribution in [0.3, 0.4) is 0 Å². The Labute approximate surface area is 114 Å². The molecule has 1 aromatic heterocycles. The van der Waals surface area contributed by atoms with Gasteiger partial charge in [-0.3, -0.25) is 9.58 Å². The van der Waals surface area contributed by atoms with Gasteiger partial charge in [-0.25, -0.2) is 0 Å². The zero-order valence-electron chi connectivity index (χ0n) is 11.4. The minimum atomic E-state index is -4.45. The Bertz CT molecular complexity index is 514. The lowest BCUT2D eigenvalue weighted by Crippen LogP contribution is -2.57. The van der Waals surface area contributed by atoms with Crippen molar-refractivity contribution in [3.05, 3.63) is 5.69 Å². The summed E-state index contributed by atoms with van der Waals surface area (Å²) in [6, 6.07) is 0.0761. The molecule has 0 saturated carbocycles. The van der Waals surface area contributed by atoms with Gasteiger partial charge in [0, 0.05) is 26.7 Å². The number of aromatic nitrogens is 2. The van der Waals surface area contributed by atoms with Gasteiger partial charge in [-0.2, -0.15) is 18.3 Å². The Morgan fingerprint density at radius 1 is 1.35 bits per heavy atom. The van der Waals surface area contributed by atoms with Gasteiger partial charge in [-0.1, -0.05) is 6.92 Å². The highest BCUT2D eigenvalue weighted by molar-refractivity contribution is 5.59. The quantitative estimate of drug-likeness (QED) is 0.781. The Balaban J connectivity index is 1.95. The largest absolute Gasteiger partial charge is 0.485 e. The number of halogens is 3. The molecule has 2 aliphatic rings. The number of ether oxygens (including phenoxy) is 1. The number of hydrogen-bond acceptors (Lipinski definition) is 4. The van der Waals surface area contributed by atoms with Crippen LogP contribution in [0.25, 0.3) is 0 Å². The second kappa shape index (κ2) is 4.54. The zero-order valence-corrected chi connectivity index (χ0v) is 11.4. The summed E-state index contributed by atoms with van der Waals surface area (Å²) in [5.74, 6) is 0.202. The number of piperazine rings is 1. The average molecular weight is 290 g/mol. The van der Waals surface area contributed by atoms with Crippen LogP contribution in [0.5, 0.6) is 5.75 Å². The third-order valence-corrected chi connectivity index (χ3v) is 3.96. The number of aryl methyl sites for hydroxylation is 1. The summed E-state index contributed by atoms with van der Waals surface area (Å²) in [5.41, 5.74) is -0.802. The molecule has 5 nitrogen and oxygen atoms in total. The van der Waals surface area contributed by atoms with Gasteiger partial charge in [0.2, 0.25) is 0 Å². The molecule has 3 heterocycles. The topological polar surface area (TPSA) is 33.5 Å². The number of rotatable bonds is 1. The van der Waals surface area contributed by atoms with Crippen LogP contribution in [0.2, 0.25) is 0 Å². The van der Waals surface area contributed by atoms with Crippen LogP contribution in [0, 0.1) is 0 Å². The normalized spacial score (nSPS) is 23.2. The van der Waals surface area contributed by atoms with Gasteiger partial charge in [0.15, 0.2) is 17.3 Å². The van der Waals surface area contributed by atoms with Crippen molar-refractivity contribution in [1.29, 1.82) is 0 Å². The third-order valence-electron chi connectivity index (χ3n) is 3.96. The van der Waals surface area contributed by atoms with E-state index in [0.717, 1.165) is 24.3 Å². The van der Waals surface area contributed by atoms with Gasteiger partial charge in [0.1, 0.15) is 6.61 Å². The molecule has 0 spiro atoms. The Kier molecular flexibility index (Phi) is 3.07. The van der Waals surface area contributed by atoms with Crippen LogP contribution in [-0.2, 0) is 13.2 Å². The molecule has 0 bridgehead atoms. The van der Waals surface area contributed by atoms with Crippen molar-refractivity contribution in [2.45, 2.75) is 19.1 Å². The van der Waals surface area contributed by atoms with Gasteiger partial charge in [-0.05, 0) is 6.54 Å². The molecule has 0 radical (unpaired) electrons. The minimum absolute atomic E-state index is 0.0761. The first-order chi connectivity index (χ1) is 9.41. The summed E-state index contributed by atoms with van der Waals surface area (Å²) in [6.45, 7) is 5.61. The molecular weight excluding hydrogens is 273 g/mol. The zero-order chi connectivity index (χ0) is 14.5. The molecule has 112 valence electrons. The van der Waals surface area contributed by atoms with Crippen LogP contribution < -0.4 is 9.64 Å². The van der Waals surface area contributed by atoms with Crippen molar-refractivity contribution in [1.82, 2.24) is 14.7 Å². The van der Waals surface area contributed by atoms with E-state index in [2.05, 4.69) is 16.9 Å². The van der Waals surface area contributed by atoms with E-state index in [-0.39, 0.29) is 18.4 Å². The predicted molar refractivity (Wildman–Crippen MR) is 67.0 cm³/mol. The lowest BCUT2D eigenvalue weighted by atomic mass is 10.1. The highest BCUT2D eigenvalue weighted by Crippen LogP contribution is 2.44. The molecule has 2 aliphatic heterocycles. The summed E-state index contributed by atoms with van der Waals surface area (Å²) in [5, 5.41) is 4.03. The molecule has 1 atom stereocenters. The fraction of sp³-hybridized carbons (Fsp3) is 0.750. The SMILES string of the molecule is CCN1CCN2c3nn(C)c(C(F)(F)F)c3OCC2C1. The maximum absolute atomic E-state index is 13.0. The molecule has 8 heteroatoms. The average Bonchev–Trinajstić information content (AvgIpc) is 2.74. The van der Waals surface area contributed by atoms with E-state index < -0.39 is 11.9 Å². The second-order valence-corrected chi connectivity index (χ2v) is 5.17. The molecule has 1 fully saturated rings. The maximum Gasteiger partial charge on any atom is 0.436 e. The van der Waals surface area contributed by atoms with E-state index in [4.69, 9.17) is 4.74 Å². The van der Waals surface area contributed by atoms with Crippen molar-refractivity contribution >= 4 is 5.82 Å². The van der Waals surface area contributed by atoms with Gasteiger partial charge in [0.05, 0.1) is 6.04 Å². The van der Waals surface area contributed by atoms with E-state index in [1.54, 1.807) is 0 Å². The van der Waals surface area contributed by atoms with E-state index >= 15 is 0 Å². The van der Waals surface area contributed by atoms with Crippen molar-refractivity contribution in [2.75, 3.05) is 37.7 Å². The van der Waals surface area contributed by atoms with E-state index in [9.17, 15) is 13.2 Å². The van der Waals surface area contributed by atoms with Crippen LogP contribution in [0.1, 0.15) is 12.6 Å². The van der Waals surface area contributed by atoms with Crippen LogP contribution >= 0.6 is 0 Å². The monoisotopic (exact) mass is 290 g/mol. The number of nitrogens with zero attached hydrogens (tertiary/aromatic N) is 4. The highest BCUT2D eigenvalue weighted by atomic mass is 19.4. The smallest absolute Gasteiger partial charge is 0.436 e. The van der Waals surface area contributed by atoms with Gasteiger partial charge in [-0.15, -0.1) is 0 Å². The summed E-state index contributed by atoms with van der Waals surface area (Å²) in [7, 11) is 1.31. The molecule has 0 aromatic carbocycles. The standard InChI is InChI=1S/C12H17F3N4O/c1-3-18-4-5-19-8(6-18)7-20-9-10(12(13,14)15)17(2)16-11(9)19/h8H,3-7H2,1-2H3. The van der Waals surface area contributed by atoms with E-state index in [1.165, 1.54) is 7.05 Å². The number of fused-ring (bicyclic) bond motifs is 3. The number of anilines is 1. The fourth-order valence-electron chi connectivity index (χ4n) is 2.93. The predicted octanol–water partition coefficient (Wildman–Crippen LogP) is 1.34. The Hall–Kier alpha value is -1.44. The molecular formula is C12H17F3N4O. The first kappa shape index (κ1) is 13.5. The molecule has 20 heavy (non-hydrogen) atoms. The lowest BCUT2D eigenvalue weighted by Gasteiger charge is -2.43. The molecule has 0 N–H and O–H groups in total. The van der Waals surface area contributed by atoms with E-state index in [1.807, 2.05) is 4.90 Å². The molecule has 1 aromatic rings.